The molecule has 0 spiro atoms. The van der Waals surface area contributed by atoms with E-state index < -0.39 is 0 Å². The fourth-order valence-electron chi connectivity index (χ4n) is 2.68. The van der Waals surface area contributed by atoms with E-state index in [9.17, 15) is 0 Å². The van der Waals surface area contributed by atoms with Gasteiger partial charge < -0.3 is 21.9 Å². The van der Waals surface area contributed by atoms with Crippen LogP contribution < -0.4 is 11.1 Å². The highest BCUT2D eigenvalue weighted by molar-refractivity contribution is 6.05. The van der Waals surface area contributed by atoms with Gasteiger partial charge in [0.1, 0.15) is 11.5 Å². The normalized spacial score (nSPS) is 12.6. The van der Waals surface area contributed by atoms with Crippen LogP contribution in [0.1, 0.15) is 46.5 Å². The summed E-state index contributed by atoms with van der Waals surface area (Å²) in [7, 11) is 0. The average Bonchev–Trinajstić information content (AvgIpc) is 3.03. The van der Waals surface area contributed by atoms with Crippen molar-refractivity contribution < 1.29 is 0 Å². The molecule has 0 saturated carbocycles. The second-order valence-electron chi connectivity index (χ2n) is 7.27. The standard InChI is InChI=1S/C20H30N8/c1-14(2)6-4-5-8-24-19-7-9-28-20(27-19)18(13-26-28)25-12-16(11-21)17(23)10-15(3)22/h7,9,11-14,21-22H,4-6,8,10,23H2,1-3H3,(H,24,27). The first kappa shape index (κ1) is 21.3. The van der Waals surface area contributed by atoms with Gasteiger partial charge in [-0.05, 0) is 25.3 Å². The van der Waals surface area contributed by atoms with Gasteiger partial charge in [-0.1, -0.05) is 26.7 Å². The smallest absolute Gasteiger partial charge is 0.183 e. The van der Waals surface area contributed by atoms with Gasteiger partial charge in [-0.25, -0.2) is 9.50 Å². The third-order valence-corrected chi connectivity index (χ3v) is 4.19. The van der Waals surface area contributed by atoms with Crippen molar-refractivity contribution in [3.8, 4) is 0 Å². The second-order valence-corrected chi connectivity index (χ2v) is 7.27. The molecule has 0 aliphatic carbocycles. The second kappa shape index (κ2) is 10.3. The summed E-state index contributed by atoms with van der Waals surface area (Å²) in [5, 5.41) is 22.7. The Labute approximate surface area is 166 Å². The maximum absolute atomic E-state index is 7.53. The van der Waals surface area contributed by atoms with Gasteiger partial charge in [-0.2, -0.15) is 5.10 Å². The average molecular weight is 383 g/mol. The Bertz CT molecular complexity index is 875. The molecule has 150 valence electrons. The van der Waals surface area contributed by atoms with E-state index in [1.165, 1.54) is 19.1 Å². The number of aromatic nitrogens is 3. The first-order valence-corrected chi connectivity index (χ1v) is 9.56. The highest BCUT2D eigenvalue weighted by atomic mass is 15.3. The topological polar surface area (TPSA) is 128 Å². The summed E-state index contributed by atoms with van der Waals surface area (Å²) in [5.41, 5.74) is 8.54. The molecule has 0 aromatic carbocycles. The number of rotatable bonds is 11. The molecule has 5 N–H and O–H groups in total. The van der Waals surface area contributed by atoms with Crippen molar-refractivity contribution in [3.05, 3.63) is 29.7 Å². The SMILES string of the molecule is CC(=N)CC(N)=C(C=N)C=Nc1cnn2ccc(NCCCCC(C)C)nc12. The summed E-state index contributed by atoms with van der Waals surface area (Å²) in [6.45, 7) is 7.04. The third kappa shape index (κ3) is 6.29. The summed E-state index contributed by atoms with van der Waals surface area (Å²) in [6.07, 6.45) is 10.00. The molecular formula is C20H30N8. The number of hydrogen-bond donors (Lipinski definition) is 4. The van der Waals surface area contributed by atoms with Crippen LogP contribution in [0.3, 0.4) is 0 Å². The molecule has 2 aromatic rings. The molecule has 0 saturated heterocycles. The Morgan fingerprint density at radius 3 is 2.86 bits per heavy atom. The van der Waals surface area contributed by atoms with Crippen molar-refractivity contribution in [3.63, 3.8) is 0 Å². The molecular weight excluding hydrogens is 352 g/mol. The minimum atomic E-state index is 0.314. The van der Waals surface area contributed by atoms with Crippen molar-refractivity contribution in [1.82, 2.24) is 14.6 Å². The number of nitrogens with two attached hydrogens (primary N) is 1. The lowest BCUT2D eigenvalue weighted by atomic mass is 10.1. The number of nitrogens with zero attached hydrogens (tertiary/aromatic N) is 4. The van der Waals surface area contributed by atoms with Crippen LogP contribution in [0.25, 0.3) is 5.65 Å². The Balaban J connectivity index is 2.11. The summed E-state index contributed by atoms with van der Waals surface area (Å²) in [4.78, 5) is 9.01. The van der Waals surface area contributed by atoms with E-state index in [4.69, 9.17) is 16.6 Å². The van der Waals surface area contributed by atoms with Crippen molar-refractivity contribution in [2.45, 2.75) is 46.5 Å². The van der Waals surface area contributed by atoms with Gasteiger partial charge in [-0.3, -0.25) is 4.99 Å². The fraction of sp³-hybridized carbons (Fsp3) is 0.450. The first-order valence-electron chi connectivity index (χ1n) is 9.56. The number of allylic oxidation sites excluding steroid dienone is 2. The van der Waals surface area contributed by atoms with Crippen LogP contribution in [0, 0.1) is 16.7 Å². The largest absolute Gasteiger partial charge is 0.401 e. The van der Waals surface area contributed by atoms with Crippen molar-refractivity contribution in [2.24, 2.45) is 16.6 Å². The Morgan fingerprint density at radius 2 is 2.18 bits per heavy atom. The monoisotopic (exact) mass is 382 g/mol. The lowest BCUT2D eigenvalue weighted by Gasteiger charge is -2.07. The Morgan fingerprint density at radius 1 is 1.39 bits per heavy atom. The maximum atomic E-state index is 7.53. The Hall–Kier alpha value is -3.03. The van der Waals surface area contributed by atoms with Crippen LogP contribution in [-0.4, -0.2) is 39.3 Å². The van der Waals surface area contributed by atoms with E-state index in [-0.39, 0.29) is 0 Å². The summed E-state index contributed by atoms with van der Waals surface area (Å²) in [6, 6.07) is 1.89. The number of hydrogen-bond acceptors (Lipinski definition) is 7. The summed E-state index contributed by atoms with van der Waals surface area (Å²) < 4.78 is 1.66. The van der Waals surface area contributed by atoms with Crippen LogP contribution in [0.15, 0.2) is 34.7 Å². The number of fused-ring (bicyclic) bond motifs is 1. The molecule has 0 aliphatic heterocycles. The first-order chi connectivity index (χ1) is 13.4. The van der Waals surface area contributed by atoms with E-state index in [2.05, 4.69) is 34.2 Å². The lowest BCUT2D eigenvalue weighted by Crippen LogP contribution is -2.08. The van der Waals surface area contributed by atoms with Crippen LogP contribution >= 0.6 is 0 Å². The fourth-order valence-corrected chi connectivity index (χ4v) is 2.68. The van der Waals surface area contributed by atoms with Gasteiger partial charge >= 0.3 is 0 Å². The van der Waals surface area contributed by atoms with Crippen molar-refractivity contribution >= 4 is 35.3 Å². The molecule has 2 aromatic heterocycles. The van der Waals surface area contributed by atoms with E-state index in [1.807, 2.05) is 12.3 Å². The summed E-state index contributed by atoms with van der Waals surface area (Å²) >= 11 is 0. The molecule has 0 amide bonds. The molecule has 2 rings (SSSR count). The molecule has 8 heteroatoms. The predicted molar refractivity (Wildman–Crippen MR) is 116 cm³/mol. The Kier molecular flexibility index (Phi) is 7.86. The minimum absolute atomic E-state index is 0.314. The molecule has 0 radical (unpaired) electrons. The number of unbranched alkanes of at least 4 members (excludes halogenated alkanes) is 1. The van der Waals surface area contributed by atoms with E-state index in [1.54, 1.807) is 17.6 Å². The number of anilines is 1. The minimum Gasteiger partial charge on any atom is -0.401 e. The van der Waals surface area contributed by atoms with Gasteiger partial charge in [0.15, 0.2) is 5.65 Å². The van der Waals surface area contributed by atoms with Gasteiger partial charge in [0.05, 0.1) is 6.20 Å². The van der Waals surface area contributed by atoms with Gasteiger partial charge in [-0.15, -0.1) is 0 Å². The van der Waals surface area contributed by atoms with Crippen LogP contribution in [0.2, 0.25) is 0 Å². The molecule has 0 fully saturated rings. The molecule has 28 heavy (non-hydrogen) atoms. The summed E-state index contributed by atoms with van der Waals surface area (Å²) in [5.74, 6) is 1.52. The van der Waals surface area contributed by atoms with E-state index in [0.29, 0.717) is 34.7 Å². The molecule has 8 nitrogen and oxygen atoms in total. The van der Waals surface area contributed by atoms with Crippen molar-refractivity contribution in [2.75, 3.05) is 11.9 Å². The maximum Gasteiger partial charge on any atom is 0.183 e. The zero-order valence-electron chi connectivity index (χ0n) is 16.9. The van der Waals surface area contributed by atoms with Gasteiger partial charge in [0.25, 0.3) is 0 Å². The van der Waals surface area contributed by atoms with E-state index in [0.717, 1.165) is 30.9 Å². The van der Waals surface area contributed by atoms with Gasteiger partial charge in [0.2, 0.25) is 0 Å². The third-order valence-electron chi connectivity index (χ3n) is 4.19. The predicted octanol–water partition coefficient (Wildman–Crippen LogP) is 3.96. The van der Waals surface area contributed by atoms with Crippen molar-refractivity contribution in [1.29, 1.82) is 10.8 Å². The van der Waals surface area contributed by atoms with Gasteiger partial charge in [0, 0.05) is 48.6 Å². The van der Waals surface area contributed by atoms with Crippen LogP contribution in [0.5, 0.6) is 0 Å². The van der Waals surface area contributed by atoms with Crippen LogP contribution in [-0.2, 0) is 0 Å². The molecule has 0 atom stereocenters. The lowest BCUT2D eigenvalue weighted by molar-refractivity contribution is 0.544. The highest BCUT2D eigenvalue weighted by Crippen LogP contribution is 2.19. The number of aliphatic imine (C=N–C) groups is 1. The zero-order chi connectivity index (χ0) is 20.5. The van der Waals surface area contributed by atoms with E-state index >= 15 is 0 Å². The quantitative estimate of drug-likeness (QED) is 0.346. The molecule has 0 bridgehead atoms. The molecule has 0 unspecified atom stereocenters. The number of nitrogens with one attached hydrogen (secondary N) is 3. The molecule has 2 heterocycles. The highest BCUT2D eigenvalue weighted by Gasteiger charge is 2.06. The van der Waals surface area contributed by atoms with Crippen LogP contribution in [0.4, 0.5) is 11.5 Å². The zero-order valence-corrected chi connectivity index (χ0v) is 16.9. The molecule has 0 aliphatic rings.